The molecule has 3 N–H and O–H groups in total. The van der Waals surface area contributed by atoms with Crippen LogP contribution in [0.1, 0.15) is 22.3 Å². The van der Waals surface area contributed by atoms with E-state index in [0.717, 1.165) is 32.7 Å². The molecular weight excluding hydrogens is 485 g/mol. The van der Waals surface area contributed by atoms with Crippen LogP contribution in [0.3, 0.4) is 0 Å². The van der Waals surface area contributed by atoms with Crippen LogP contribution in [-0.4, -0.2) is 23.8 Å². The van der Waals surface area contributed by atoms with Crippen molar-refractivity contribution in [2.24, 2.45) is 0 Å². The highest BCUT2D eigenvalue weighted by atomic mass is 79.9. The first-order valence-electron chi connectivity index (χ1n) is 9.81. The SMILES string of the molecule is COc1ccc(CN2Cc3c4c(cc(Br)c3C2(O)c2cc(F)ccc2Cl)NCN4)cc1. The van der Waals surface area contributed by atoms with Gasteiger partial charge in [-0.05, 0) is 42.0 Å². The summed E-state index contributed by atoms with van der Waals surface area (Å²) in [4.78, 5) is 1.91. The van der Waals surface area contributed by atoms with Crippen molar-refractivity contribution in [2.45, 2.75) is 18.8 Å². The van der Waals surface area contributed by atoms with Crippen LogP contribution in [0.5, 0.6) is 5.75 Å². The number of rotatable bonds is 4. The van der Waals surface area contributed by atoms with Crippen LogP contribution in [0, 0.1) is 5.82 Å². The van der Waals surface area contributed by atoms with E-state index in [2.05, 4.69) is 26.6 Å². The second kappa shape index (κ2) is 7.67. The first-order chi connectivity index (χ1) is 14.9. The summed E-state index contributed by atoms with van der Waals surface area (Å²) in [7, 11) is 1.62. The molecule has 3 aromatic rings. The summed E-state index contributed by atoms with van der Waals surface area (Å²) < 4.78 is 20.3. The molecule has 160 valence electrons. The summed E-state index contributed by atoms with van der Waals surface area (Å²) in [6.07, 6.45) is 0. The monoisotopic (exact) mass is 503 g/mol. The van der Waals surface area contributed by atoms with Gasteiger partial charge in [-0.25, -0.2) is 4.39 Å². The largest absolute Gasteiger partial charge is 0.497 e. The van der Waals surface area contributed by atoms with Gasteiger partial charge in [0.15, 0.2) is 5.72 Å². The fraction of sp³-hybridized carbons (Fsp3) is 0.217. The average molecular weight is 505 g/mol. The summed E-state index contributed by atoms with van der Waals surface area (Å²) in [5.41, 5.74) is 3.21. The van der Waals surface area contributed by atoms with Crippen LogP contribution in [-0.2, 0) is 18.8 Å². The maximum atomic E-state index is 14.3. The third-order valence-corrected chi connectivity index (χ3v) is 6.87. The maximum Gasteiger partial charge on any atom is 0.174 e. The van der Waals surface area contributed by atoms with Gasteiger partial charge >= 0.3 is 0 Å². The van der Waals surface area contributed by atoms with Gasteiger partial charge in [-0.2, -0.15) is 0 Å². The van der Waals surface area contributed by atoms with Gasteiger partial charge in [-0.1, -0.05) is 39.7 Å². The minimum atomic E-state index is -1.62. The Morgan fingerprint density at radius 2 is 1.97 bits per heavy atom. The Labute approximate surface area is 192 Å². The molecule has 2 heterocycles. The zero-order valence-corrected chi connectivity index (χ0v) is 19.0. The third-order valence-electron chi connectivity index (χ3n) is 5.92. The number of anilines is 2. The zero-order valence-electron chi connectivity index (χ0n) is 16.7. The smallest absolute Gasteiger partial charge is 0.174 e. The molecule has 5 nitrogen and oxygen atoms in total. The first-order valence-corrected chi connectivity index (χ1v) is 11.0. The lowest BCUT2D eigenvalue weighted by Crippen LogP contribution is -2.42. The number of halogens is 3. The highest BCUT2D eigenvalue weighted by Gasteiger charge is 2.49. The Morgan fingerprint density at radius 1 is 1.19 bits per heavy atom. The van der Waals surface area contributed by atoms with E-state index in [1.165, 1.54) is 18.2 Å². The van der Waals surface area contributed by atoms with E-state index in [9.17, 15) is 9.50 Å². The standard InChI is InChI=1S/C23H20BrClFN3O2/c1-31-15-5-2-13(3-6-15)10-29-11-16-21(18(24)9-20-22(16)28-12-27-20)23(29,30)17-8-14(26)4-7-19(17)25/h2-9,27-28,30H,10-12H2,1H3. The highest BCUT2D eigenvalue weighted by Crippen LogP contribution is 2.52. The van der Waals surface area contributed by atoms with Gasteiger partial charge in [0.05, 0.1) is 25.2 Å². The van der Waals surface area contributed by atoms with Gasteiger partial charge in [0.1, 0.15) is 11.6 Å². The van der Waals surface area contributed by atoms with Crippen molar-refractivity contribution in [3.8, 4) is 5.75 Å². The number of aliphatic hydroxyl groups is 1. The molecule has 1 unspecified atom stereocenters. The summed E-state index contributed by atoms with van der Waals surface area (Å²) in [6, 6.07) is 13.7. The molecule has 0 bridgehead atoms. The summed E-state index contributed by atoms with van der Waals surface area (Å²) >= 11 is 10.1. The van der Waals surface area contributed by atoms with Crippen molar-refractivity contribution in [3.63, 3.8) is 0 Å². The van der Waals surface area contributed by atoms with Gasteiger partial charge in [0, 0.05) is 39.3 Å². The van der Waals surface area contributed by atoms with Crippen molar-refractivity contribution in [3.05, 3.63) is 86.1 Å². The lowest BCUT2D eigenvalue weighted by atomic mass is 9.92. The number of benzene rings is 3. The van der Waals surface area contributed by atoms with E-state index >= 15 is 0 Å². The Kier molecular flexibility index (Phi) is 5.09. The van der Waals surface area contributed by atoms with Gasteiger partial charge < -0.3 is 20.5 Å². The Balaban J connectivity index is 1.68. The van der Waals surface area contributed by atoms with Gasteiger partial charge in [0.25, 0.3) is 0 Å². The number of ether oxygens (including phenoxy) is 1. The minimum absolute atomic E-state index is 0.301. The minimum Gasteiger partial charge on any atom is -0.497 e. The lowest BCUT2D eigenvalue weighted by molar-refractivity contribution is -0.0760. The summed E-state index contributed by atoms with van der Waals surface area (Å²) in [6.45, 7) is 1.49. The van der Waals surface area contributed by atoms with Crippen LogP contribution in [0.2, 0.25) is 5.02 Å². The number of nitrogens with zero attached hydrogens (tertiary/aromatic N) is 1. The quantitative estimate of drug-likeness (QED) is 0.453. The Morgan fingerprint density at radius 3 is 2.71 bits per heavy atom. The molecule has 0 saturated carbocycles. The first kappa shape index (κ1) is 20.6. The van der Waals surface area contributed by atoms with E-state index in [0.29, 0.717) is 35.9 Å². The number of fused-ring (bicyclic) bond motifs is 3. The molecule has 0 fully saturated rings. The zero-order chi connectivity index (χ0) is 21.8. The molecule has 8 heteroatoms. The topological polar surface area (TPSA) is 56.8 Å². The number of methoxy groups -OCH3 is 1. The molecule has 0 radical (unpaired) electrons. The lowest BCUT2D eigenvalue weighted by Gasteiger charge is -2.36. The predicted molar refractivity (Wildman–Crippen MR) is 123 cm³/mol. The van der Waals surface area contributed by atoms with Crippen LogP contribution in [0.4, 0.5) is 15.8 Å². The van der Waals surface area contributed by atoms with E-state index in [-0.39, 0.29) is 0 Å². The van der Waals surface area contributed by atoms with Gasteiger partial charge in [-0.3, -0.25) is 4.90 Å². The molecule has 2 aliphatic rings. The number of hydrogen-bond acceptors (Lipinski definition) is 5. The fourth-order valence-electron chi connectivity index (χ4n) is 4.46. The maximum absolute atomic E-state index is 14.3. The second-order valence-electron chi connectivity index (χ2n) is 7.67. The molecule has 0 amide bonds. The van der Waals surface area contributed by atoms with Crippen molar-refractivity contribution >= 4 is 38.9 Å². The predicted octanol–water partition coefficient (Wildman–Crippen LogP) is 5.25. The van der Waals surface area contributed by atoms with E-state index in [1.54, 1.807) is 7.11 Å². The molecule has 3 aromatic carbocycles. The summed E-state index contributed by atoms with van der Waals surface area (Å²) in [5, 5.41) is 19.2. The molecule has 0 aliphatic carbocycles. The van der Waals surface area contributed by atoms with Crippen molar-refractivity contribution in [2.75, 3.05) is 24.4 Å². The normalized spacial score (nSPS) is 19.5. The molecule has 1 atom stereocenters. The second-order valence-corrected chi connectivity index (χ2v) is 8.93. The van der Waals surface area contributed by atoms with Crippen LogP contribution in [0.25, 0.3) is 0 Å². The number of nitrogens with one attached hydrogen (secondary N) is 2. The third kappa shape index (κ3) is 3.27. The number of hydrogen-bond donors (Lipinski definition) is 3. The molecule has 31 heavy (non-hydrogen) atoms. The van der Waals surface area contributed by atoms with Crippen molar-refractivity contribution in [1.29, 1.82) is 0 Å². The molecular formula is C23H20BrClFN3O2. The fourth-order valence-corrected chi connectivity index (χ4v) is 5.46. The van der Waals surface area contributed by atoms with Crippen LogP contribution in [0.15, 0.2) is 53.0 Å². The Bertz CT molecular complexity index is 1170. The van der Waals surface area contributed by atoms with Gasteiger partial charge in [0.2, 0.25) is 0 Å². The van der Waals surface area contributed by atoms with E-state index in [1.807, 2.05) is 35.2 Å². The van der Waals surface area contributed by atoms with Crippen molar-refractivity contribution < 1.29 is 14.2 Å². The van der Waals surface area contributed by atoms with Crippen molar-refractivity contribution in [1.82, 2.24) is 4.90 Å². The molecule has 2 aliphatic heterocycles. The average Bonchev–Trinajstić information content (AvgIpc) is 3.34. The molecule has 0 spiro atoms. The van der Waals surface area contributed by atoms with Crippen LogP contribution >= 0.6 is 27.5 Å². The highest BCUT2D eigenvalue weighted by molar-refractivity contribution is 9.10. The van der Waals surface area contributed by atoms with Crippen LogP contribution < -0.4 is 15.4 Å². The van der Waals surface area contributed by atoms with Gasteiger partial charge in [-0.15, -0.1) is 0 Å². The molecule has 0 saturated heterocycles. The molecule has 5 rings (SSSR count). The summed E-state index contributed by atoms with van der Waals surface area (Å²) in [5.74, 6) is 0.301. The Hall–Kier alpha value is -2.32. The molecule has 0 aromatic heterocycles. The van der Waals surface area contributed by atoms with E-state index < -0.39 is 11.5 Å². The van der Waals surface area contributed by atoms with E-state index in [4.69, 9.17) is 16.3 Å².